The Morgan fingerprint density at radius 2 is 2.03 bits per heavy atom. The van der Waals surface area contributed by atoms with Gasteiger partial charge in [0.05, 0.1) is 44.0 Å². The summed E-state index contributed by atoms with van der Waals surface area (Å²) >= 11 is 2.53. The minimum absolute atomic E-state index is 0.000915. The quantitative estimate of drug-likeness (QED) is 0.380. The maximum atomic E-state index is 13.6. The Morgan fingerprint density at radius 1 is 1.21 bits per heavy atom. The van der Waals surface area contributed by atoms with Gasteiger partial charge in [0.1, 0.15) is 5.75 Å². The summed E-state index contributed by atoms with van der Waals surface area (Å²) in [5.41, 5.74) is 1.84. The van der Waals surface area contributed by atoms with Gasteiger partial charge in [-0.25, -0.2) is 9.97 Å². The average molecular weight is 493 g/mol. The normalized spacial score (nSPS) is 16.0. The van der Waals surface area contributed by atoms with E-state index in [2.05, 4.69) is 15.0 Å². The molecule has 0 saturated heterocycles. The van der Waals surface area contributed by atoms with Crippen LogP contribution in [0, 0.1) is 13.8 Å². The molecule has 0 radical (unpaired) electrons. The molecule has 172 valence electrons. The van der Waals surface area contributed by atoms with Gasteiger partial charge in [0.15, 0.2) is 10.9 Å². The number of aryl methyl sites for hydroxylation is 2. The van der Waals surface area contributed by atoms with E-state index in [-0.39, 0.29) is 5.57 Å². The number of aliphatic hydroxyl groups is 1. The van der Waals surface area contributed by atoms with Gasteiger partial charge >= 0.3 is 0 Å². The summed E-state index contributed by atoms with van der Waals surface area (Å²) in [6.45, 7) is 5.99. The molecule has 0 fully saturated rings. The Balaban J connectivity index is 1.64. The van der Waals surface area contributed by atoms with Crippen LogP contribution in [-0.2, 0) is 4.79 Å². The topological polar surface area (TPSA) is 106 Å². The second-order valence-corrected chi connectivity index (χ2v) is 9.87. The van der Waals surface area contributed by atoms with Crippen molar-refractivity contribution in [2.24, 2.45) is 0 Å². The molecule has 1 aromatic carbocycles. The molecule has 1 unspecified atom stereocenters. The van der Waals surface area contributed by atoms with E-state index in [1.54, 1.807) is 31.5 Å². The average Bonchev–Trinajstić information content (AvgIpc) is 3.47. The molecular weight excluding hydrogens is 472 g/mol. The van der Waals surface area contributed by atoms with Crippen LogP contribution in [0.5, 0.6) is 5.75 Å². The summed E-state index contributed by atoms with van der Waals surface area (Å²) in [6.07, 6.45) is 3.20. The molecule has 1 aliphatic heterocycles. The molecule has 0 bridgehead atoms. The zero-order chi connectivity index (χ0) is 24.0. The highest BCUT2D eigenvalue weighted by Gasteiger charge is 2.46. The molecule has 4 heterocycles. The lowest BCUT2D eigenvalue weighted by Gasteiger charge is -2.24. The van der Waals surface area contributed by atoms with Crippen LogP contribution in [0.3, 0.4) is 0 Å². The van der Waals surface area contributed by atoms with Crippen LogP contribution in [-0.4, -0.2) is 38.4 Å². The number of amides is 1. The molecule has 5 rings (SSSR count). The standard InChI is InChI=1S/C24H20N4O4S2/c1-4-32-15-7-8-16-17(10-15)34-24(27-16)28-19(14-6-5-9-25-11-14)18(21(30)23(28)31)20(29)22-12(2)26-13(3)33-22/h5-11,19,30H,4H2,1-3H3. The Kier molecular flexibility index (Phi) is 5.62. The molecule has 34 heavy (non-hydrogen) atoms. The SMILES string of the molecule is CCOc1ccc2nc(N3C(=O)C(O)=C(C(=O)c4sc(C)nc4C)C3c3cccnc3)sc2c1. The van der Waals surface area contributed by atoms with Crippen molar-refractivity contribution in [3.8, 4) is 5.75 Å². The van der Waals surface area contributed by atoms with Gasteiger partial charge in [-0.15, -0.1) is 11.3 Å². The van der Waals surface area contributed by atoms with Gasteiger partial charge in [0.2, 0.25) is 5.78 Å². The number of rotatable bonds is 6. The van der Waals surface area contributed by atoms with Gasteiger partial charge in [-0.1, -0.05) is 17.4 Å². The number of fused-ring (bicyclic) bond motifs is 1. The molecule has 10 heteroatoms. The van der Waals surface area contributed by atoms with Crippen molar-refractivity contribution in [3.63, 3.8) is 0 Å². The molecule has 0 saturated carbocycles. The monoisotopic (exact) mass is 492 g/mol. The Bertz CT molecular complexity index is 1460. The number of hydrogen-bond acceptors (Lipinski definition) is 9. The number of Topliss-reactive ketones (excluding diaryl/α,β-unsaturated/α-hetero) is 1. The van der Waals surface area contributed by atoms with E-state index in [1.165, 1.54) is 27.6 Å². The second kappa shape index (κ2) is 8.62. The number of pyridine rings is 1. The molecule has 4 aromatic rings. The maximum absolute atomic E-state index is 13.6. The van der Waals surface area contributed by atoms with Crippen LogP contribution in [0.4, 0.5) is 5.13 Å². The van der Waals surface area contributed by atoms with E-state index in [9.17, 15) is 14.7 Å². The zero-order valence-corrected chi connectivity index (χ0v) is 20.2. The molecule has 3 aromatic heterocycles. The van der Waals surface area contributed by atoms with Crippen LogP contribution in [0.25, 0.3) is 10.2 Å². The first-order valence-electron chi connectivity index (χ1n) is 10.6. The molecule has 1 N–H and O–H groups in total. The van der Waals surface area contributed by atoms with E-state index < -0.39 is 23.5 Å². The summed E-state index contributed by atoms with van der Waals surface area (Å²) in [7, 11) is 0. The molecule has 1 aliphatic rings. The highest BCUT2D eigenvalue weighted by atomic mass is 32.1. The van der Waals surface area contributed by atoms with Crippen molar-refractivity contribution < 1.29 is 19.4 Å². The first-order chi connectivity index (χ1) is 16.4. The molecule has 0 spiro atoms. The number of carbonyl (C=O) groups excluding carboxylic acids is 2. The molecule has 0 aliphatic carbocycles. The molecule has 1 amide bonds. The number of ether oxygens (including phenoxy) is 1. The zero-order valence-electron chi connectivity index (χ0n) is 18.6. The summed E-state index contributed by atoms with van der Waals surface area (Å²) in [5.74, 6) is -0.988. The van der Waals surface area contributed by atoms with Crippen molar-refractivity contribution >= 4 is 49.7 Å². The number of ketones is 1. The van der Waals surface area contributed by atoms with Gasteiger partial charge in [0.25, 0.3) is 5.91 Å². The Hall–Kier alpha value is -3.63. The number of aromatic nitrogens is 3. The fourth-order valence-electron chi connectivity index (χ4n) is 4.00. The maximum Gasteiger partial charge on any atom is 0.296 e. The Labute approximate surface area is 203 Å². The third-order valence-electron chi connectivity index (χ3n) is 5.43. The lowest BCUT2D eigenvalue weighted by molar-refractivity contribution is -0.117. The van der Waals surface area contributed by atoms with Crippen molar-refractivity contribution in [2.75, 3.05) is 11.5 Å². The van der Waals surface area contributed by atoms with Crippen molar-refractivity contribution in [1.82, 2.24) is 15.0 Å². The van der Waals surface area contributed by atoms with Gasteiger partial charge in [0, 0.05) is 12.4 Å². The highest BCUT2D eigenvalue weighted by molar-refractivity contribution is 7.22. The first kappa shape index (κ1) is 22.2. The molecular formula is C24H20N4O4S2. The second-order valence-electron chi connectivity index (χ2n) is 7.66. The van der Waals surface area contributed by atoms with Crippen LogP contribution in [0.1, 0.15) is 38.9 Å². The fourth-order valence-corrected chi connectivity index (χ4v) is 5.90. The lowest BCUT2D eigenvalue weighted by Crippen LogP contribution is -2.31. The third kappa shape index (κ3) is 3.64. The number of benzene rings is 1. The van der Waals surface area contributed by atoms with Crippen molar-refractivity contribution in [3.05, 3.63) is 75.2 Å². The summed E-state index contributed by atoms with van der Waals surface area (Å²) < 4.78 is 6.41. The number of nitrogens with zero attached hydrogens (tertiary/aromatic N) is 4. The highest BCUT2D eigenvalue weighted by Crippen LogP contribution is 2.44. The third-order valence-corrected chi connectivity index (χ3v) is 7.52. The predicted molar refractivity (Wildman–Crippen MR) is 131 cm³/mol. The first-order valence-corrected chi connectivity index (χ1v) is 12.2. The number of aliphatic hydroxyl groups excluding tert-OH is 1. The number of hydrogen-bond donors (Lipinski definition) is 1. The molecule has 8 nitrogen and oxygen atoms in total. The summed E-state index contributed by atoms with van der Waals surface area (Å²) in [4.78, 5) is 41.9. The smallest absolute Gasteiger partial charge is 0.296 e. The summed E-state index contributed by atoms with van der Waals surface area (Å²) in [5, 5.41) is 12.0. The van der Waals surface area contributed by atoms with Crippen molar-refractivity contribution in [2.45, 2.75) is 26.8 Å². The van der Waals surface area contributed by atoms with E-state index in [4.69, 9.17) is 4.74 Å². The van der Waals surface area contributed by atoms with Gasteiger partial charge in [-0.3, -0.25) is 19.5 Å². The minimum Gasteiger partial charge on any atom is -0.503 e. The van der Waals surface area contributed by atoms with Gasteiger partial charge < -0.3 is 9.84 Å². The number of carbonyl (C=O) groups is 2. The van der Waals surface area contributed by atoms with E-state index in [0.29, 0.717) is 39.1 Å². The van der Waals surface area contributed by atoms with Crippen LogP contribution in [0.15, 0.2) is 54.1 Å². The minimum atomic E-state index is -0.873. The van der Waals surface area contributed by atoms with Gasteiger partial charge in [-0.05, 0) is 50.6 Å². The van der Waals surface area contributed by atoms with E-state index in [1.807, 2.05) is 32.0 Å². The number of anilines is 1. The number of thiazole rings is 2. The largest absolute Gasteiger partial charge is 0.503 e. The van der Waals surface area contributed by atoms with Gasteiger partial charge in [-0.2, -0.15) is 0 Å². The van der Waals surface area contributed by atoms with Crippen LogP contribution >= 0.6 is 22.7 Å². The van der Waals surface area contributed by atoms with Crippen LogP contribution < -0.4 is 9.64 Å². The van der Waals surface area contributed by atoms with E-state index in [0.717, 1.165) is 9.71 Å². The predicted octanol–water partition coefficient (Wildman–Crippen LogP) is 4.95. The van der Waals surface area contributed by atoms with Crippen LogP contribution in [0.2, 0.25) is 0 Å². The fraction of sp³-hybridized carbons (Fsp3) is 0.208. The van der Waals surface area contributed by atoms with Crippen molar-refractivity contribution in [1.29, 1.82) is 0 Å². The molecule has 1 atom stereocenters. The summed E-state index contributed by atoms with van der Waals surface area (Å²) in [6, 6.07) is 8.13. The Morgan fingerprint density at radius 3 is 2.71 bits per heavy atom. The van der Waals surface area contributed by atoms with E-state index >= 15 is 0 Å². The lowest BCUT2D eigenvalue weighted by atomic mass is 9.96.